The molecule has 1 unspecified atom stereocenters. The van der Waals surface area contributed by atoms with Gasteiger partial charge in [0.25, 0.3) is 0 Å². The second kappa shape index (κ2) is 4.98. The summed E-state index contributed by atoms with van der Waals surface area (Å²) in [5.41, 5.74) is 0.186. The third-order valence-electron chi connectivity index (χ3n) is 3.02. The fourth-order valence-electron chi connectivity index (χ4n) is 2.15. The Labute approximate surface area is 107 Å². The van der Waals surface area contributed by atoms with Gasteiger partial charge < -0.3 is 5.32 Å². The lowest BCUT2D eigenvalue weighted by atomic mass is 9.90. The van der Waals surface area contributed by atoms with E-state index in [9.17, 15) is 13.2 Å². The third-order valence-corrected chi connectivity index (χ3v) is 3.47. The molecule has 94 valence electrons. The molecule has 0 amide bonds. The van der Waals surface area contributed by atoms with Gasteiger partial charge in [-0.2, -0.15) is 13.2 Å². The van der Waals surface area contributed by atoms with Crippen molar-refractivity contribution in [3.8, 4) is 0 Å². The Morgan fingerprint density at radius 1 is 1.24 bits per heavy atom. The number of rotatable bonds is 1. The van der Waals surface area contributed by atoms with Crippen LogP contribution in [0.1, 0.15) is 29.9 Å². The van der Waals surface area contributed by atoms with Crippen molar-refractivity contribution in [3.63, 3.8) is 0 Å². The zero-order chi connectivity index (χ0) is 12.5. The summed E-state index contributed by atoms with van der Waals surface area (Å²) in [6.45, 7) is 1.71. The van der Waals surface area contributed by atoms with Gasteiger partial charge in [-0.1, -0.05) is 15.9 Å². The fraction of sp³-hybridized carbons (Fsp3) is 0.500. The van der Waals surface area contributed by atoms with Crippen LogP contribution in [0.4, 0.5) is 13.2 Å². The maximum absolute atomic E-state index is 12.7. The SMILES string of the molecule is FC(F)(F)c1cc(Br)cc(C2CCCNC2)c1. The highest BCUT2D eigenvalue weighted by molar-refractivity contribution is 9.10. The Bertz CT molecular complexity index is 397. The lowest BCUT2D eigenvalue weighted by molar-refractivity contribution is -0.137. The number of piperidine rings is 1. The van der Waals surface area contributed by atoms with Crippen molar-refractivity contribution in [1.82, 2.24) is 5.32 Å². The molecule has 1 nitrogen and oxygen atoms in total. The van der Waals surface area contributed by atoms with E-state index < -0.39 is 11.7 Å². The van der Waals surface area contributed by atoms with Crippen molar-refractivity contribution < 1.29 is 13.2 Å². The minimum absolute atomic E-state index is 0.183. The van der Waals surface area contributed by atoms with Crippen LogP contribution in [0.25, 0.3) is 0 Å². The van der Waals surface area contributed by atoms with Crippen LogP contribution >= 0.6 is 15.9 Å². The number of alkyl halides is 3. The highest BCUT2D eigenvalue weighted by Gasteiger charge is 2.31. The Balaban J connectivity index is 2.31. The van der Waals surface area contributed by atoms with Crippen molar-refractivity contribution >= 4 is 15.9 Å². The van der Waals surface area contributed by atoms with Crippen LogP contribution in [0.2, 0.25) is 0 Å². The van der Waals surface area contributed by atoms with E-state index in [1.165, 1.54) is 6.07 Å². The van der Waals surface area contributed by atoms with E-state index in [0.717, 1.165) is 37.6 Å². The molecule has 5 heteroatoms. The Morgan fingerprint density at radius 2 is 2.00 bits per heavy atom. The molecule has 1 fully saturated rings. The van der Waals surface area contributed by atoms with Gasteiger partial charge >= 0.3 is 6.18 Å². The molecule has 1 heterocycles. The summed E-state index contributed by atoms with van der Waals surface area (Å²) in [6.07, 6.45) is -2.32. The summed E-state index contributed by atoms with van der Waals surface area (Å²) in [6, 6.07) is 4.18. The molecule has 0 bridgehead atoms. The molecule has 1 aromatic carbocycles. The van der Waals surface area contributed by atoms with E-state index in [1.807, 2.05) is 0 Å². The van der Waals surface area contributed by atoms with Crippen LogP contribution in [0, 0.1) is 0 Å². The molecule has 0 spiro atoms. The van der Waals surface area contributed by atoms with Gasteiger partial charge in [0.2, 0.25) is 0 Å². The smallest absolute Gasteiger partial charge is 0.316 e. The number of hydrogen-bond donors (Lipinski definition) is 1. The van der Waals surface area contributed by atoms with Crippen molar-refractivity contribution in [3.05, 3.63) is 33.8 Å². The molecule has 0 saturated carbocycles. The number of benzene rings is 1. The molecule has 17 heavy (non-hydrogen) atoms. The first-order valence-electron chi connectivity index (χ1n) is 5.55. The van der Waals surface area contributed by atoms with E-state index >= 15 is 0 Å². The minimum atomic E-state index is -4.28. The topological polar surface area (TPSA) is 12.0 Å². The maximum Gasteiger partial charge on any atom is 0.416 e. The highest BCUT2D eigenvalue weighted by atomic mass is 79.9. The fourth-order valence-corrected chi connectivity index (χ4v) is 2.66. The van der Waals surface area contributed by atoms with Crippen molar-refractivity contribution in [2.75, 3.05) is 13.1 Å². The van der Waals surface area contributed by atoms with E-state index in [2.05, 4.69) is 21.2 Å². The van der Waals surface area contributed by atoms with Gasteiger partial charge in [-0.15, -0.1) is 0 Å². The van der Waals surface area contributed by atoms with Crippen LogP contribution in [0.15, 0.2) is 22.7 Å². The molecular weight excluding hydrogens is 295 g/mol. The molecule has 2 rings (SSSR count). The quantitative estimate of drug-likeness (QED) is 0.829. The molecule has 0 aromatic heterocycles. The predicted octanol–water partition coefficient (Wildman–Crippen LogP) is 3.93. The average Bonchev–Trinajstić information content (AvgIpc) is 2.28. The number of hydrogen-bond acceptors (Lipinski definition) is 1. The normalized spacial score (nSPS) is 21.5. The Hall–Kier alpha value is -0.550. The second-order valence-electron chi connectivity index (χ2n) is 4.31. The first-order valence-corrected chi connectivity index (χ1v) is 6.34. The van der Waals surface area contributed by atoms with Crippen LogP contribution in [-0.2, 0) is 6.18 Å². The third kappa shape index (κ3) is 3.22. The summed E-state index contributed by atoms with van der Waals surface area (Å²) < 4.78 is 38.5. The molecule has 1 aromatic rings. The summed E-state index contributed by atoms with van der Waals surface area (Å²) in [4.78, 5) is 0. The van der Waals surface area contributed by atoms with Crippen molar-refractivity contribution in [2.24, 2.45) is 0 Å². The molecule has 0 aliphatic carbocycles. The van der Waals surface area contributed by atoms with Gasteiger partial charge in [-0.3, -0.25) is 0 Å². The van der Waals surface area contributed by atoms with E-state index in [-0.39, 0.29) is 5.92 Å². The van der Waals surface area contributed by atoms with Crippen LogP contribution in [0.3, 0.4) is 0 Å². The van der Waals surface area contributed by atoms with Gasteiger partial charge in [0, 0.05) is 11.0 Å². The van der Waals surface area contributed by atoms with Crippen LogP contribution in [-0.4, -0.2) is 13.1 Å². The zero-order valence-corrected chi connectivity index (χ0v) is 10.7. The molecule has 1 aliphatic rings. The van der Waals surface area contributed by atoms with Gasteiger partial charge in [0.05, 0.1) is 5.56 Å². The lowest BCUT2D eigenvalue weighted by Gasteiger charge is -2.24. The van der Waals surface area contributed by atoms with Crippen LogP contribution < -0.4 is 5.32 Å². The summed E-state index contributed by atoms with van der Waals surface area (Å²) in [5, 5.41) is 3.21. The van der Waals surface area contributed by atoms with Gasteiger partial charge in [0.1, 0.15) is 0 Å². The Morgan fingerprint density at radius 3 is 2.59 bits per heavy atom. The number of halogens is 4. The zero-order valence-electron chi connectivity index (χ0n) is 9.15. The van der Waals surface area contributed by atoms with Crippen LogP contribution in [0.5, 0.6) is 0 Å². The van der Waals surface area contributed by atoms with Crippen molar-refractivity contribution in [1.29, 1.82) is 0 Å². The first kappa shape index (κ1) is 12.9. The highest BCUT2D eigenvalue weighted by Crippen LogP contribution is 2.35. The van der Waals surface area contributed by atoms with Gasteiger partial charge in [-0.25, -0.2) is 0 Å². The molecule has 1 saturated heterocycles. The van der Waals surface area contributed by atoms with Gasteiger partial charge in [0.15, 0.2) is 0 Å². The summed E-state index contributed by atoms with van der Waals surface area (Å²) in [5.74, 6) is 0.183. The van der Waals surface area contributed by atoms with E-state index in [1.54, 1.807) is 6.07 Å². The first-order chi connectivity index (χ1) is 7.97. The Kier molecular flexibility index (Phi) is 3.78. The second-order valence-corrected chi connectivity index (χ2v) is 5.23. The van der Waals surface area contributed by atoms with E-state index in [0.29, 0.717) is 4.47 Å². The minimum Gasteiger partial charge on any atom is -0.316 e. The average molecular weight is 308 g/mol. The molecular formula is C12H13BrF3N. The maximum atomic E-state index is 12.7. The summed E-state index contributed by atoms with van der Waals surface area (Å²) in [7, 11) is 0. The molecule has 1 N–H and O–H groups in total. The largest absolute Gasteiger partial charge is 0.416 e. The lowest BCUT2D eigenvalue weighted by Crippen LogP contribution is -2.28. The molecule has 0 radical (unpaired) electrons. The molecule has 1 aliphatic heterocycles. The standard InChI is InChI=1S/C12H13BrF3N/c13-11-5-9(8-2-1-3-17-7-8)4-10(6-11)12(14,15)16/h4-6,8,17H,1-3,7H2. The van der Waals surface area contributed by atoms with Gasteiger partial charge in [-0.05, 0) is 49.1 Å². The number of nitrogens with one attached hydrogen (secondary N) is 1. The monoisotopic (exact) mass is 307 g/mol. The summed E-state index contributed by atoms with van der Waals surface area (Å²) >= 11 is 3.15. The predicted molar refractivity (Wildman–Crippen MR) is 64.0 cm³/mol. The van der Waals surface area contributed by atoms with Crippen molar-refractivity contribution in [2.45, 2.75) is 24.9 Å². The molecule has 1 atom stereocenters. The van der Waals surface area contributed by atoms with E-state index in [4.69, 9.17) is 0 Å².